The molecule has 0 unspecified atom stereocenters. The Morgan fingerprint density at radius 2 is 1.88 bits per heavy atom. The second kappa shape index (κ2) is 6.63. The van der Waals surface area contributed by atoms with Crippen LogP contribution in [0.2, 0.25) is 0 Å². The van der Waals surface area contributed by atoms with Crippen molar-refractivity contribution in [2.45, 2.75) is 25.0 Å². The predicted molar refractivity (Wildman–Crippen MR) is 89.5 cm³/mol. The number of esters is 3. The number of cyclic esters (lactones) is 2. The zero-order chi connectivity index (χ0) is 18.1. The van der Waals surface area contributed by atoms with Crippen LogP contribution in [0.25, 0.3) is 0 Å². The van der Waals surface area contributed by atoms with Crippen molar-refractivity contribution in [3.05, 3.63) is 70.8 Å². The number of rotatable bonds is 3. The second-order valence-corrected chi connectivity index (χ2v) is 6.23. The van der Waals surface area contributed by atoms with Crippen LogP contribution in [-0.2, 0) is 25.4 Å². The van der Waals surface area contributed by atoms with Crippen molar-refractivity contribution < 1.29 is 28.6 Å². The fraction of sp³-hybridized carbons (Fsp3) is 0.250. The van der Waals surface area contributed by atoms with E-state index in [4.69, 9.17) is 14.2 Å². The maximum Gasteiger partial charge on any atom is 0.347 e. The van der Waals surface area contributed by atoms with Crippen LogP contribution in [0, 0.1) is 0 Å². The Balaban J connectivity index is 1.57. The van der Waals surface area contributed by atoms with E-state index in [0.717, 1.165) is 11.1 Å². The minimum atomic E-state index is -0.861. The van der Waals surface area contributed by atoms with E-state index in [1.807, 2.05) is 30.3 Å². The van der Waals surface area contributed by atoms with Crippen molar-refractivity contribution in [1.29, 1.82) is 0 Å². The maximum absolute atomic E-state index is 12.3. The number of hydrogen-bond acceptors (Lipinski definition) is 6. The summed E-state index contributed by atoms with van der Waals surface area (Å²) in [4.78, 5) is 36.0. The molecule has 2 aromatic carbocycles. The van der Waals surface area contributed by atoms with Crippen molar-refractivity contribution in [3.8, 4) is 0 Å². The average Bonchev–Trinajstić information content (AvgIpc) is 3.06. The van der Waals surface area contributed by atoms with Gasteiger partial charge >= 0.3 is 17.9 Å². The Labute approximate surface area is 149 Å². The van der Waals surface area contributed by atoms with Crippen molar-refractivity contribution in [2.75, 3.05) is 6.61 Å². The molecule has 0 saturated carbocycles. The molecule has 0 aromatic heterocycles. The van der Waals surface area contributed by atoms with Gasteiger partial charge in [-0.3, -0.25) is 0 Å². The van der Waals surface area contributed by atoms with Gasteiger partial charge in [0.1, 0.15) is 6.10 Å². The fourth-order valence-electron chi connectivity index (χ4n) is 3.16. The van der Waals surface area contributed by atoms with E-state index in [2.05, 4.69) is 0 Å². The SMILES string of the molecule is O=C(O[C@@H]1CCOC1=O)c1ccc2c(c1)C[C@@H](c1ccccc1)OC2=O. The quantitative estimate of drug-likeness (QED) is 0.624. The molecule has 2 aromatic rings. The van der Waals surface area contributed by atoms with Crippen LogP contribution in [-0.4, -0.2) is 30.6 Å². The lowest BCUT2D eigenvalue weighted by Crippen LogP contribution is -2.24. The summed E-state index contributed by atoms with van der Waals surface area (Å²) in [6.07, 6.45) is -0.428. The lowest BCUT2D eigenvalue weighted by molar-refractivity contribution is -0.145. The van der Waals surface area contributed by atoms with Gasteiger partial charge in [-0.15, -0.1) is 0 Å². The summed E-state index contributed by atoms with van der Waals surface area (Å²) < 4.78 is 15.5. The summed E-state index contributed by atoms with van der Waals surface area (Å²) >= 11 is 0. The Morgan fingerprint density at radius 3 is 2.62 bits per heavy atom. The van der Waals surface area contributed by atoms with E-state index in [-0.39, 0.29) is 6.61 Å². The van der Waals surface area contributed by atoms with Crippen LogP contribution in [0.3, 0.4) is 0 Å². The summed E-state index contributed by atoms with van der Waals surface area (Å²) in [7, 11) is 0. The second-order valence-electron chi connectivity index (χ2n) is 6.23. The van der Waals surface area contributed by atoms with Crippen LogP contribution < -0.4 is 0 Å². The third-order valence-corrected chi connectivity index (χ3v) is 4.52. The molecule has 6 nitrogen and oxygen atoms in total. The third kappa shape index (κ3) is 3.06. The van der Waals surface area contributed by atoms with E-state index in [1.165, 1.54) is 6.07 Å². The molecule has 2 heterocycles. The number of ether oxygens (including phenoxy) is 3. The Hall–Kier alpha value is -3.15. The van der Waals surface area contributed by atoms with Gasteiger partial charge in [0.15, 0.2) is 0 Å². The average molecular weight is 352 g/mol. The van der Waals surface area contributed by atoms with Gasteiger partial charge in [0, 0.05) is 12.8 Å². The fourth-order valence-corrected chi connectivity index (χ4v) is 3.16. The van der Waals surface area contributed by atoms with E-state index in [0.29, 0.717) is 24.0 Å². The molecule has 0 aliphatic carbocycles. The molecule has 6 heteroatoms. The lowest BCUT2D eigenvalue weighted by Gasteiger charge is -2.25. The van der Waals surface area contributed by atoms with Gasteiger partial charge in [-0.1, -0.05) is 30.3 Å². The first-order valence-electron chi connectivity index (χ1n) is 8.38. The smallest absolute Gasteiger partial charge is 0.347 e. The number of carbonyl (C=O) groups excluding carboxylic acids is 3. The largest absolute Gasteiger partial charge is 0.463 e. The highest BCUT2D eigenvalue weighted by atomic mass is 16.6. The summed E-state index contributed by atoms with van der Waals surface area (Å²) in [5.41, 5.74) is 2.35. The van der Waals surface area contributed by atoms with Crippen molar-refractivity contribution in [1.82, 2.24) is 0 Å². The molecule has 2 aliphatic heterocycles. The minimum absolute atomic E-state index is 0.256. The van der Waals surface area contributed by atoms with Gasteiger partial charge in [0.25, 0.3) is 0 Å². The first-order chi connectivity index (χ1) is 12.6. The van der Waals surface area contributed by atoms with E-state index < -0.39 is 30.1 Å². The predicted octanol–water partition coefficient (Wildman–Crippen LogP) is 2.61. The molecule has 0 amide bonds. The molecular weight excluding hydrogens is 336 g/mol. The van der Waals surface area contributed by atoms with Crippen LogP contribution >= 0.6 is 0 Å². The van der Waals surface area contributed by atoms with Gasteiger partial charge < -0.3 is 14.2 Å². The zero-order valence-corrected chi connectivity index (χ0v) is 13.8. The molecule has 2 aliphatic rings. The van der Waals surface area contributed by atoms with Crippen LogP contribution in [0.5, 0.6) is 0 Å². The van der Waals surface area contributed by atoms with E-state index >= 15 is 0 Å². The normalized spacial score (nSPS) is 21.5. The summed E-state index contributed by atoms with van der Waals surface area (Å²) in [5.74, 6) is -1.55. The lowest BCUT2D eigenvalue weighted by atomic mass is 9.93. The van der Waals surface area contributed by atoms with Gasteiger partial charge in [0.05, 0.1) is 17.7 Å². The van der Waals surface area contributed by atoms with Gasteiger partial charge in [-0.25, -0.2) is 14.4 Å². The van der Waals surface area contributed by atoms with Crippen molar-refractivity contribution in [3.63, 3.8) is 0 Å². The minimum Gasteiger partial charge on any atom is -0.463 e. The van der Waals surface area contributed by atoms with Crippen LogP contribution in [0.4, 0.5) is 0 Å². The zero-order valence-electron chi connectivity index (χ0n) is 13.8. The number of carbonyl (C=O) groups is 3. The van der Waals surface area contributed by atoms with E-state index in [9.17, 15) is 14.4 Å². The molecule has 0 radical (unpaired) electrons. The highest BCUT2D eigenvalue weighted by Gasteiger charge is 2.32. The third-order valence-electron chi connectivity index (χ3n) is 4.52. The molecule has 4 rings (SSSR count). The van der Waals surface area contributed by atoms with Crippen LogP contribution in [0.15, 0.2) is 48.5 Å². The molecule has 1 saturated heterocycles. The van der Waals surface area contributed by atoms with Gasteiger partial charge in [-0.05, 0) is 29.3 Å². The Bertz CT molecular complexity index is 873. The standard InChI is InChI=1S/C20H16O6/c21-18(25-16-8-9-24-20(16)23)13-6-7-15-14(10-13)11-17(26-19(15)22)12-4-2-1-3-5-12/h1-7,10,16-17H,8-9,11H2/t16-,17+/m1/s1. The molecule has 0 N–H and O–H groups in total. The Morgan fingerprint density at radius 1 is 1.08 bits per heavy atom. The highest BCUT2D eigenvalue weighted by Crippen LogP contribution is 2.31. The van der Waals surface area contributed by atoms with Crippen molar-refractivity contribution in [2.24, 2.45) is 0 Å². The number of hydrogen-bond donors (Lipinski definition) is 0. The summed E-state index contributed by atoms with van der Waals surface area (Å²) in [6, 6.07) is 14.1. The van der Waals surface area contributed by atoms with Crippen LogP contribution in [0.1, 0.15) is 44.4 Å². The van der Waals surface area contributed by atoms with Crippen molar-refractivity contribution >= 4 is 17.9 Å². The molecular formula is C20H16O6. The molecule has 0 bridgehead atoms. The summed E-state index contributed by atoms with van der Waals surface area (Å²) in [5, 5.41) is 0. The number of benzene rings is 2. The monoisotopic (exact) mass is 352 g/mol. The molecule has 1 fully saturated rings. The van der Waals surface area contributed by atoms with Gasteiger partial charge in [0.2, 0.25) is 6.10 Å². The van der Waals surface area contributed by atoms with E-state index in [1.54, 1.807) is 12.1 Å². The van der Waals surface area contributed by atoms with Gasteiger partial charge in [-0.2, -0.15) is 0 Å². The molecule has 0 spiro atoms. The molecule has 2 atom stereocenters. The molecule has 132 valence electrons. The number of fused-ring (bicyclic) bond motifs is 1. The maximum atomic E-state index is 12.3. The molecule has 26 heavy (non-hydrogen) atoms. The first kappa shape index (κ1) is 16.3. The summed E-state index contributed by atoms with van der Waals surface area (Å²) in [6.45, 7) is 0.256. The first-order valence-corrected chi connectivity index (χ1v) is 8.38. The highest BCUT2D eigenvalue weighted by molar-refractivity contribution is 5.96. The Kier molecular flexibility index (Phi) is 4.16. The topological polar surface area (TPSA) is 78.9 Å².